The lowest BCUT2D eigenvalue weighted by Crippen LogP contribution is -2.38. The number of nitrogens with zero attached hydrogens (tertiary/aromatic N) is 1. The first-order chi connectivity index (χ1) is 14.8. The van der Waals surface area contributed by atoms with Crippen molar-refractivity contribution < 1.29 is 23.7 Å². The van der Waals surface area contributed by atoms with Gasteiger partial charge in [-0.2, -0.15) is 0 Å². The van der Waals surface area contributed by atoms with Crippen LogP contribution in [0.1, 0.15) is 45.4 Å². The molecule has 0 unspecified atom stereocenters. The number of morpholine rings is 1. The van der Waals surface area contributed by atoms with Crippen LogP contribution < -0.4 is 10.1 Å². The highest BCUT2D eigenvalue weighted by Gasteiger charge is 2.10. The molecular formula is C23H38N2O5. The van der Waals surface area contributed by atoms with Crippen molar-refractivity contribution in [3.8, 4) is 5.75 Å². The number of ether oxygens (including phenoxy) is 4. The maximum absolute atomic E-state index is 11.8. The third-order valence-electron chi connectivity index (χ3n) is 4.98. The Morgan fingerprint density at radius 2 is 1.70 bits per heavy atom. The monoisotopic (exact) mass is 422 g/mol. The summed E-state index contributed by atoms with van der Waals surface area (Å²) in [5.74, 6) is 0.783. The molecular weight excluding hydrogens is 384 g/mol. The molecule has 1 fully saturated rings. The van der Waals surface area contributed by atoms with Gasteiger partial charge in [0.2, 0.25) is 0 Å². The SMILES string of the molecule is CCCCCCCCOCCOC(=O)Nc1ccc(OCCN2CCOCC2)cc1. The van der Waals surface area contributed by atoms with Gasteiger partial charge in [-0.05, 0) is 30.7 Å². The van der Waals surface area contributed by atoms with Crippen LogP contribution in [-0.2, 0) is 14.2 Å². The lowest BCUT2D eigenvalue weighted by molar-refractivity contribution is 0.0322. The van der Waals surface area contributed by atoms with Crippen LogP contribution in [0.2, 0.25) is 0 Å². The van der Waals surface area contributed by atoms with Crippen molar-refractivity contribution in [2.45, 2.75) is 45.4 Å². The second-order valence-corrected chi connectivity index (χ2v) is 7.47. The van der Waals surface area contributed by atoms with Crippen LogP contribution >= 0.6 is 0 Å². The molecule has 0 aromatic heterocycles. The maximum atomic E-state index is 11.8. The first-order valence-electron chi connectivity index (χ1n) is 11.3. The lowest BCUT2D eigenvalue weighted by Gasteiger charge is -2.26. The van der Waals surface area contributed by atoms with E-state index in [2.05, 4.69) is 17.1 Å². The van der Waals surface area contributed by atoms with Gasteiger partial charge in [0.25, 0.3) is 0 Å². The Kier molecular flexibility index (Phi) is 13.0. The molecule has 0 atom stereocenters. The summed E-state index contributed by atoms with van der Waals surface area (Å²) in [6, 6.07) is 7.30. The van der Waals surface area contributed by atoms with Crippen LogP contribution in [0, 0.1) is 0 Å². The van der Waals surface area contributed by atoms with Gasteiger partial charge >= 0.3 is 6.09 Å². The standard InChI is InChI=1S/C23H38N2O5/c1-2-3-4-5-6-7-15-27-19-20-30-23(26)24-21-8-10-22(11-9-21)29-18-14-25-12-16-28-17-13-25/h8-11H,2-7,12-20H2,1H3,(H,24,26). The topological polar surface area (TPSA) is 69.3 Å². The summed E-state index contributed by atoms with van der Waals surface area (Å²) in [6.07, 6.45) is 6.96. The van der Waals surface area contributed by atoms with Gasteiger partial charge < -0.3 is 18.9 Å². The number of amides is 1. The van der Waals surface area contributed by atoms with Crippen molar-refractivity contribution in [3.63, 3.8) is 0 Å². The number of nitrogens with one attached hydrogen (secondary N) is 1. The average Bonchev–Trinajstić information content (AvgIpc) is 2.77. The van der Waals surface area contributed by atoms with Crippen molar-refractivity contribution >= 4 is 11.8 Å². The summed E-state index contributed by atoms with van der Waals surface area (Å²) in [7, 11) is 0. The summed E-state index contributed by atoms with van der Waals surface area (Å²) in [5, 5.41) is 2.71. The second kappa shape index (κ2) is 15.9. The molecule has 1 aliphatic heterocycles. The largest absolute Gasteiger partial charge is 0.492 e. The van der Waals surface area contributed by atoms with Crippen molar-refractivity contribution in [2.24, 2.45) is 0 Å². The predicted molar refractivity (Wildman–Crippen MR) is 118 cm³/mol. The molecule has 1 heterocycles. The van der Waals surface area contributed by atoms with Gasteiger partial charge in [-0.15, -0.1) is 0 Å². The van der Waals surface area contributed by atoms with E-state index in [1.807, 2.05) is 12.1 Å². The fraction of sp³-hybridized carbons (Fsp3) is 0.696. The molecule has 7 heteroatoms. The lowest BCUT2D eigenvalue weighted by atomic mass is 10.1. The highest BCUT2D eigenvalue weighted by molar-refractivity contribution is 5.84. The Morgan fingerprint density at radius 1 is 0.967 bits per heavy atom. The van der Waals surface area contributed by atoms with Crippen LogP contribution in [-0.4, -0.2) is 70.3 Å². The first-order valence-corrected chi connectivity index (χ1v) is 11.3. The smallest absolute Gasteiger partial charge is 0.411 e. The molecule has 30 heavy (non-hydrogen) atoms. The van der Waals surface area contributed by atoms with Gasteiger partial charge in [-0.1, -0.05) is 39.0 Å². The molecule has 0 aliphatic carbocycles. The molecule has 1 amide bonds. The number of hydrogen-bond donors (Lipinski definition) is 1. The molecule has 1 saturated heterocycles. The van der Waals surface area contributed by atoms with E-state index in [0.717, 1.165) is 51.6 Å². The Labute approximate surface area is 181 Å². The number of unbranched alkanes of at least 4 members (excludes halogenated alkanes) is 5. The molecule has 1 aromatic rings. The summed E-state index contributed by atoms with van der Waals surface area (Å²) in [5.41, 5.74) is 0.675. The third kappa shape index (κ3) is 11.4. The molecule has 7 nitrogen and oxygen atoms in total. The van der Waals surface area contributed by atoms with E-state index in [4.69, 9.17) is 18.9 Å². The van der Waals surface area contributed by atoms with Gasteiger partial charge in [-0.3, -0.25) is 10.2 Å². The van der Waals surface area contributed by atoms with Gasteiger partial charge in [0, 0.05) is 31.9 Å². The number of carbonyl (C=O) groups is 1. The molecule has 0 radical (unpaired) electrons. The van der Waals surface area contributed by atoms with E-state index in [9.17, 15) is 4.79 Å². The first kappa shape index (κ1) is 24.4. The molecule has 0 saturated carbocycles. The highest BCUT2D eigenvalue weighted by atomic mass is 16.6. The van der Waals surface area contributed by atoms with Crippen molar-refractivity contribution in [1.82, 2.24) is 4.90 Å². The van der Waals surface area contributed by atoms with Gasteiger partial charge in [-0.25, -0.2) is 4.79 Å². The molecule has 2 rings (SSSR count). The van der Waals surface area contributed by atoms with E-state index >= 15 is 0 Å². The molecule has 0 spiro atoms. The highest BCUT2D eigenvalue weighted by Crippen LogP contribution is 2.16. The Morgan fingerprint density at radius 3 is 2.47 bits per heavy atom. The minimum Gasteiger partial charge on any atom is -0.492 e. The third-order valence-corrected chi connectivity index (χ3v) is 4.98. The Hall–Kier alpha value is -1.83. The summed E-state index contributed by atoms with van der Waals surface area (Å²) < 4.78 is 21.8. The molecule has 0 bridgehead atoms. The van der Waals surface area contributed by atoms with Crippen LogP contribution in [0.15, 0.2) is 24.3 Å². The maximum Gasteiger partial charge on any atom is 0.411 e. The fourth-order valence-electron chi connectivity index (χ4n) is 3.19. The molecule has 1 aliphatic rings. The normalized spacial score (nSPS) is 14.4. The van der Waals surface area contributed by atoms with Crippen LogP contribution in [0.5, 0.6) is 5.75 Å². The van der Waals surface area contributed by atoms with Gasteiger partial charge in [0.15, 0.2) is 0 Å². The average molecular weight is 423 g/mol. The Balaban J connectivity index is 1.47. The van der Waals surface area contributed by atoms with Crippen molar-refractivity contribution in [1.29, 1.82) is 0 Å². The predicted octanol–water partition coefficient (Wildman–Crippen LogP) is 4.32. The van der Waals surface area contributed by atoms with E-state index in [-0.39, 0.29) is 6.61 Å². The molecule has 170 valence electrons. The van der Waals surface area contributed by atoms with Crippen molar-refractivity contribution in [3.05, 3.63) is 24.3 Å². The minimum absolute atomic E-state index is 0.254. The summed E-state index contributed by atoms with van der Waals surface area (Å²) in [6.45, 7) is 8.65. The van der Waals surface area contributed by atoms with Crippen LogP contribution in [0.25, 0.3) is 0 Å². The van der Waals surface area contributed by atoms with Crippen molar-refractivity contribution in [2.75, 3.05) is 64.6 Å². The number of carbonyl (C=O) groups excluding carboxylic acids is 1. The Bertz CT molecular complexity index is 561. The van der Waals surface area contributed by atoms with Gasteiger partial charge in [0.1, 0.15) is 19.0 Å². The molecule has 1 aromatic carbocycles. The zero-order chi connectivity index (χ0) is 21.3. The summed E-state index contributed by atoms with van der Waals surface area (Å²) >= 11 is 0. The number of rotatable bonds is 15. The molecule has 1 N–H and O–H groups in total. The zero-order valence-electron chi connectivity index (χ0n) is 18.4. The van der Waals surface area contributed by atoms with Crippen LogP contribution in [0.3, 0.4) is 0 Å². The van der Waals surface area contributed by atoms with E-state index in [1.165, 1.54) is 32.1 Å². The minimum atomic E-state index is -0.473. The van der Waals surface area contributed by atoms with E-state index in [1.54, 1.807) is 12.1 Å². The summed E-state index contributed by atoms with van der Waals surface area (Å²) in [4.78, 5) is 14.2. The van der Waals surface area contributed by atoms with Gasteiger partial charge in [0.05, 0.1) is 19.8 Å². The number of hydrogen-bond acceptors (Lipinski definition) is 6. The second-order valence-electron chi connectivity index (χ2n) is 7.47. The van der Waals surface area contributed by atoms with E-state index < -0.39 is 6.09 Å². The quantitative estimate of drug-likeness (QED) is 0.425. The van der Waals surface area contributed by atoms with E-state index in [0.29, 0.717) is 18.9 Å². The van der Waals surface area contributed by atoms with Crippen LogP contribution in [0.4, 0.5) is 10.5 Å². The number of anilines is 1. The fourth-order valence-corrected chi connectivity index (χ4v) is 3.19. The number of benzene rings is 1. The zero-order valence-corrected chi connectivity index (χ0v) is 18.4.